The number of benzene rings is 2. The van der Waals surface area contributed by atoms with E-state index >= 15 is 0 Å². The number of fused-ring (bicyclic) bond motifs is 3. The summed E-state index contributed by atoms with van der Waals surface area (Å²) in [6.45, 7) is 1.19. The number of nitrogens with one attached hydrogen (secondary N) is 1. The Bertz CT molecular complexity index is 1240. The molecule has 35 heavy (non-hydrogen) atoms. The zero-order chi connectivity index (χ0) is 24.9. The third-order valence-electron chi connectivity index (χ3n) is 6.01. The van der Waals surface area contributed by atoms with Gasteiger partial charge >= 0.3 is 12.6 Å². The molecule has 2 heterocycles. The molecule has 0 bridgehead atoms. The minimum atomic E-state index is -3.01. The smallest absolute Gasteiger partial charge is 0.387 e. The lowest BCUT2D eigenvalue weighted by atomic mass is 9.94. The molecule has 6 nitrogen and oxygen atoms in total. The van der Waals surface area contributed by atoms with Crippen molar-refractivity contribution in [3.05, 3.63) is 63.8 Å². The van der Waals surface area contributed by atoms with Crippen molar-refractivity contribution in [1.82, 2.24) is 9.55 Å². The molecule has 1 aromatic heterocycles. The predicted molar refractivity (Wildman–Crippen MR) is 135 cm³/mol. The van der Waals surface area contributed by atoms with Gasteiger partial charge in [-0.15, -0.1) is 0 Å². The van der Waals surface area contributed by atoms with Crippen LogP contribution < -0.4 is 10.1 Å². The van der Waals surface area contributed by atoms with Gasteiger partial charge in [0.15, 0.2) is 0 Å². The minimum Gasteiger partial charge on any atom is -0.462 e. The van der Waals surface area contributed by atoms with Crippen LogP contribution in [0, 0.1) is 0 Å². The summed E-state index contributed by atoms with van der Waals surface area (Å²) >= 11 is 3.44. The average molecular weight is 548 g/mol. The number of hydrogen-bond acceptors (Lipinski definition) is 5. The van der Waals surface area contributed by atoms with E-state index in [0.29, 0.717) is 39.4 Å². The van der Waals surface area contributed by atoms with Crippen LogP contribution in [-0.4, -0.2) is 28.7 Å². The van der Waals surface area contributed by atoms with E-state index in [1.165, 1.54) is 6.07 Å². The Hall–Kier alpha value is -2.94. The summed E-state index contributed by atoms with van der Waals surface area (Å²) in [6.07, 6.45) is 5.13. The fraction of sp³-hybridized carbons (Fsp3) is 0.385. The van der Waals surface area contributed by atoms with E-state index in [9.17, 15) is 13.6 Å². The van der Waals surface area contributed by atoms with Gasteiger partial charge in [-0.05, 0) is 43.7 Å². The number of carbonyl (C=O) groups excluding carboxylic acids is 1. The van der Waals surface area contributed by atoms with Crippen LogP contribution in [0.3, 0.4) is 0 Å². The second kappa shape index (κ2) is 11.2. The van der Waals surface area contributed by atoms with Gasteiger partial charge in [0, 0.05) is 15.7 Å². The Morgan fingerprint density at radius 3 is 2.71 bits per heavy atom. The number of ether oxygens (including phenoxy) is 2. The van der Waals surface area contributed by atoms with Crippen LogP contribution in [0.4, 0.5) is 14.7 Å². The topological polar surface area (TPSA) is 65.4 Å². The highest BCUT2D eigenvalue weighted by Gasteiger charge is 2.37. The summed E-state index contributed by atoms with van der Waals surface area (Å²) in [7, 11) is 0. The van der Waals surface area contributed by atoms with E-state index in [4.69, 9.17) is 9.47 Å². The van der Waals surface area contributed by atoms with Crippen molar-refractivity contribution in [1.29, 1.82) is 0 Å². The van der Waals surface area contributed by atoms with Crippen LogP contribution in [-0.2, 0) is 9.53 Å². The summed E-state index contributed by atoms with van der Waals surface area (Å²) in [5, 5.41) is 3.20. The van der Waals surface area contributed by atoms with Crippen molar-refractivity contribution < 1.29 is 23.0 Å². The highest BCUT2D eigenvalue weighted by molar-refractivity contribution is 9.10. The molecule has 0 spiro atoms. The van der Waals surface area contributed by atoms with Crippen molar-refractivity contribution in [2.75, 3.05) is 11.9 Å². The number of unbranched alkanes of at least 4 members (excludes halogenated alkanes) is 4. The second-order valence-electron chi connectivity index (χ2n) is 8.47. The van der Waals surface area contributed by atoms with E-state index in [1.807, 2.05) is 28.8 Å². The lowest BCUT2D eigenvalue weighted by molar-refractivity contribution is -0.139. The van der Waals surface area contributed by atoms with Gasteiger partial charge in [-0.25, -0.2) is 9.78 Å². The number of aromatic nitrogens is 2. The van der Waals surface area contributed by atoms with Crippen LogP contribution in [0.25, 0.3) is 11.0 Å². The van der Waals surface area contributed by atoms with Crippen LogP contribution in [0.2, 0.25) is 0 Å². The maximum Gasteiger partial charge on any atom is 0.387 e. The molecule has 0 aliphatic carbocycles. The van der Waals surface area contributed by atoms with Crippen LogP contribution in [0.15, 0.2) is 58.2 Å². The molecule has 1 aliphatic rings. The number of esters is 1. The molecule has 0 fully saturated rings. The molecule has 3 aromatic rings. The monoisotopic (exact) mass is 547 g/mol. The van der Waals surface area contributed by atoms with Crippen molar-refractivity contribution in [2.24, 2.45) is 0 Å². The fourth-order valence-corrected chi connectivity index (χ4v) is 4.79. The molecule has 2 aromatic carbocycles. The van der Waals surface area contributed by atoms with Gasteiger partial charge in [-0.3, -0.25) is 4.57 Å². The maximum absolute atomic E-state index is 13.4. The van der Waals surface area contributed by atoms with E-state index in [-0.39, 0.29) is 5.75 Å². The van der Waals surface area contributed by atoms with E-state index in [0.717, 1.165) is 37.6 Å². The first kappa shape index (κ1) is 25.2. The van der Waals surface area contributed by atoms with Crippen molar-refractivity contribution in [3.8, 4) is 5.75 Å². The largest absolute Gasteiger partial charge is 0.462 e. The van der Waals surface area contributed by atoms with Gasteiger partial charge in [-0.1, -0.05) is 60.7 Å². The van der Waals surface area contributed by atoms with Crippen molar-refractivity contribution in [3.63, 3.8) is 0 Å². The highest BCUT2D eigenvalue weighted by atomic mass is 79.9. The standard InChI is InChI=1S/C26H28BrF2N3O3/c1-3-4-5-6-9-14-34-24(33)22-16(2)30-26-31-19-10-7-8-11-20(19)32(26)23(22)18-15-17(27)12-13-21(18)35-25(28)29/h7-8,10-13,15,23,25H,3-6,9,14H2,1-2H3,(H,30,31)/t23-/m1/s1. The zero-order valence-electron chi connectivity index (χ0n) is 19.7. The molecule has 4 rings (SSSR count). The van der Waals surface area contributed by atoms with Crippen molar-refractivity contribution >= 4 is 38.9 Å². The molecular weight excluding hydrogens is 520 g/mol. The molecule has 186 valence electrons. The van der Waals surface area contributed by atoms with Crippen LogP contribution in [0.5, 0.6) is 5.75 Å². The van der Waals surface area contributed by atoms with E-state index < -0.39 is 18.6 Å². The van der Waals surface area contributed by atoms with Gasteiger partial charge in [-0.2, -0.15) is 8.78 Å². The first-order chi connectivity index (χ1) is 16.9. The summed E-state index contributed by atoms with van der Waals surface area (Å²) in [5.74, 6) is -0.00817. The highest BCUT2D eigenvalue weighted by Crippen LogP contribution is 2.43. The average Bonchev–Trinajstić information content (AvgIpc) is 3.19. The SMILES string of the molecule is CCCCCCCOC(=O)C1=C(C)Nc2nc3ccccc3n2[C@@H]1c1cc(Br)ccc1OC(F)F. The number of hydrogen-bond donors (Lipinski definition) is 1. The molecule has 0 radical (unpaired) electrons. The van der Waals surface area contributed by atoms with E-state index in [2.05, 4.69) is 33.2 Å². The Labute approximate surface area is 211 Å². The number of rotatable bonds is 10. The van der Waals surface area contributed by atoms with Crippen LogP contribution in [0.1, 0.15) is 57.6 Å². The summed E-state index contributed by atoms with van der Waals surface area (Å²) in [6, 6.07) is 11.5. The number of para-hydroxylation sites is 2. The fourth-order valence-electron chi connectivity index (χ4n) is 4.41. The molecule has 0 unspecified atom stereocenters. The molecular formula is C26H28BrF2N3O3. The third kappa shape index (κ3) is 5.50. The first-order valence-corrected chi connectivity index (χ1v) is 12.6. The summed E-state index contributed by atoms with van der Waals surface area (Å²) < 4.78 is 39.7. The number of anilines is 1. The maximum atomic E-state index is 13.4. The Kier molecular flexibility index (Phi) is 8.05. The van der Waals surface area contributed by atoms with Gasteiger partial charge in [0.1, 0.15) is 5.75 Å². The Morgan fingerprint density at radius 1 is 1.17 bits per heavy atom. The normalized spacial score (nSPS) is 15.3. The Morgan fingerprint density at radius 2 is 1.94 bits per heavy atom. The molecule has 0 saturated carbocycles. The van der Waals surface area contributed by atoms with E-state index in [1.54, 1.807) is 19.1 Å². The minimum absolute atomic E-state index is 0.0171. The number of allylic oxidation sites excluding steroid dienone is 1. The zero-order valence-corrected chi connectivity index (χ0v) is 21.3. The number of halogens is 3. The second-order valence-corrected chi connectivity index (χ2v) is 9.39. The molecule has 1 aliphatic heterocycles. The molecule has 1 atom stereocenters. The van der Waals surface area contributed by atoms with Crippen molar-refractivity contribution in [2.45, 2.75) is 58.6 Å². The number of alkyl halides is 2. The number of nitrogens with zero attached hydrogens (tertiary/aromatic N) is 2. The lowest BCUT2D eigenvalue weighted by Gasteiger charge is -2.31. The quantitative estimate of drug-likeness (QED) is 0.214. The summed E-state index contributed by atoms with van der Waals surface area (Å²) in [4.78, 5) is 18.1. The van der Waals surface area contributed by atoms with Crippen LogP contribution >= 0.6 is 15.9 Å². The number of carbonyl (C=O) groups is 1. The molecule has 1 N–H and O–H groups in total. The van der Waals surface area contributed by atoms with Gasteiger partial charge in [0.05, 0.1) is 29.3 Å². The summed E-state index contributed by atoms with van der Waals surface area (Å²) in [5.41, 5.74) is 2.74. The Balaban J connectivity index is 1.77. The van der Waals surface area contributed by atoms with Gasteiger partial charge in [0.25, 0.3) is 0 Å². The molecule has 9 heteroatoms. The number of imidazole rings is 1. The molecule has 0 saturated heterocycles. The predicted octanol–water partition coefficient (Wildman–Crippen LogP) is 7.20. The molecule has 0 amide bonds. The first-order valence-electron chi connectivity index (χ1n) is 11.8. The third-order valence-corrected chi connectivity index (χ3v) is 6.51. The van der Waals surface area contributed by atoms with Gasteiger partial charge in [0.2, 0.25) is 5.95 Å². The lowest BCUT2D eigenvalue weighted by Crippen LogP contribution is -2.29. The van der Waals surface area contributed by atoms with Gasteiger partial charge < -0.3 is 14.8 Å².